The van der Waals surface area contributed by atoms with Gasteiger partial charge in [0.05, 0.1) is 18.1 Å². The zero-order valence-corrected chi connectivity index (χ0v) is 24.0. The van der Waals surface area contributed by atoms with Crippen LogP contribution in [0.2, 0.25) is 5.02 Å². The number of hydrogen-bond donors (Lipinski definition) is 1. The molecule has 2 aromatic rings. The van der Waals surface area contributed by atoms with Gasteiger partial charge in [-0.2, -0.15) is 4.72 Å². The van der Waals surface area contributed by atoms with Crippen LogP contribution in [0.25, 0.3) is 10.8 Å². The largest absolute Gasteiger partial charge is 0.455 e. The van der Waals surface area contributed by atoms with E-state index >= 15 is 0 Å². The summed E-state index contributed by atoms with van der Waals surface area (Å²) in [4.78, 5) is 42.2. The lowest BCUT2D eigenvalue weighted by atomic mass is 10.1. The van der Waals surface area contributed by atoms with Crippen LogP contribution in [0.4, 0.5) is 0 Å². The molecule has 0 bridgehead atoms. The molecule has 0 aromatic heterocycles. The number of rotatable bonds is 13. The van der Waals surface area contributed by atoms with Crippen molar-refractivity contribution in [2.24, 2.45) is 0 Å². The summed E-state index contributed by atoms with van der Waals surface area (Å²) >= 11 is 6.02. The first-order valence-corrected chi connectivity index (χ1v) is 15.2. The van der Waals surface area contributed by atoms with Gasteiger partial charge in [-0.15, -0.1) is 0 Å². The van der Waals surface area contributed by atoms with Crippen LogP contribution in [0, 0.1) is 0 Å². The van der Waals surface area contributed by atoms with Crippen molar-refractivity contribution in [3.05, 3.63) is 41.4 Å². The van der Waals surface area contributed by atoms with Crippen molar-refractivity contribution in [3.63, 3.8) is 0 Å². The smallest absolute Gasteiger partial charge is 0.293 e. The molecule has 4 rings (SSSR count). The van der Waals surface area contributed by atoms with Gasteiger partial charge in [-0.25, -0.2) is 8.42 Å². The molecule has 11 nitrogen and oxygen atoms in total. The maximum Gasteiger partial charge on any atom is 0.293 e. The number of ether oxygens (including phenoxy) is 2. The fourth-order valence-corrected chi connectivity index (χ4v) is 6.40. The second-order valence-corrected chi connectivity index (χ2v) is 12.1. The molecule has 0 unspecified atom stereocenters. The zero-order chi connectivity index (χ0) is 28.7. The van der Waals surface area contributed by atoms with Crippen LogP contribution >= 0.6 is 11.6 Å². The van der Waals surface area contributed by atoms with Crippen LogP contribution < -0.4 is 4.72 Å². The molecule has 2 atom stereocenters. The van der Waals surface area contributed by atoms with Crippen molar-refractivity contribution in [2.45, 2.75) is 36.8 Å². The van der Waals surface area contributed by atoms with E-state index in [0.29, 0.717) is 63.8 Å². The number of fused-ring (bicyclic) bond motifs is 1. The van der Waals surface area contributed by atoms with Crippen LogP contribution in [-0.2, 0) is 33.9 Å². The predicted octanol–water partition coefficient (Wildman–Crippen LogP) is 1.48. The van der Waals surface area contributed by atoms with Crippen LogP contribution in [0.15, 0.2) is 41.3 Å². The van der Waals surface area contributed by atoms with E-state index in [1.165, 1.54) is 13.0 Å². The van der Waals surface area contributed by atoms with Crippen molar-refractivity contribution in [1.29, 1.82) is 0 Å². The maximum atomic E-state index is 13.0. The number of hydrogen-bond acceptors (Lipinski definition) is 8. The first kappa shape index (κ1) is 30.2. The Hall–Kier alpha value is -2.77. The number of likely N-dealkylation sites (tertiary alicyclic amines) is 1. The molecular formula is C27H35ClN4O7S. The van der Waals surface area contributed by atoms with Gasteiger partial charge in [0.2, 0.25) is 15.9 Å². The molecule has 1 N–H and O–H groups in total. The third-order valence-electron chi connectivity index (χ3n) is 7.24. The average molecular weight is 595 g/mol. The Morgan fingerprint density at radius 1 is 1.15 bits per heavy atom. The van der Waals surface area contributed by atoms with Gasteiger partial charge < -0.3 is 19.3 Å². The summed E-state index contributed by atoms with van der Waals surface area (Å²) in [6, 6.07) is 9.09. The molecular weight excluding hydrogens is 560 g/mol. The summed E-state index contributed by atoms with van der Waals surface area (Å²) in [6.45, 7) is 6.95. The van der Waals surface area contributed by atoms with Gasteiger partial charge in [-0.3, -0.25) is 19.3 Å². The molecule has 2 heterocycles. The molecule has 0 saturated carbocycles. The first-order chi connectivity index (χ1) is 19.2. The summed E-state index contributed by atoms with van der Waals surface area (Å²) in [5, 5.41) is 2.11. The van der Waals surface area contributed by atoms with Crippen molar-refractivity contribution < 1.29 is 32.3 Å². The average Bonchev–Trinajstić information content (AvgIpc) is 3.28. The number of benzene rings is 2. The Kier molecular flexibility index (Phi) is 10.4. The van der Waals surface area contributed by atoms with Gasteiger partial charge >= 0.3 is 0 Å². The van der Waals surface area contributed by atoms with Gasteiger partial charge in [0, 0.05) is 50.8 Å². The summed E-state index contributed by atoms with van der Waals surface area (Å²) in [6.07, 6.45) is -0.0480. The molecule has 2 aliphatic heterocycles. The fraction of sp³-hybridized carbons (Fsp3) is 0.519. The summed E-state index contributed by atoms with van der Waals surface area (Å²) < 4.78 is 38.9. The lowest BCUT2D eigenvalue weighted by Gasteiger charge is -2.31. The number of morpholine rings is 1. The van der Waals surface area contributed by atoms with Gasteiger partial charge in [0.25, 0.3) is 12.4 Å². The standard InChI is InChI=1S/C27H35ClN4O7S/c1-20(39-19-33)26(34)32(12-11-30-13-15-38-16-14-30)9-2-8-31-10-7-25(27(31)35)29-40(36,37)24-6-4-21-17-23(28)5-3-22(21)18-24/h3-6,17-20,25,29H,2,7-16H2,1H3/t20-,25-/m0/s1. The lowest BCUT2D eigenvalue weighted by Crippen LogP contribution is -2.46. The highest BCUT2D eigenvalue weighted by Crippen LogP contribution is 2.23. The Morgan fingerprint density at radius 2 is 1.88 bits per heavy atom. The van der Waals surface area contributed by atoms with Crippen molar-refractivity contribution in [2.75, 3.05) is 59.0 Å². The maximum absolute atomic E-state index is 13.0. The van der Waals surface area contributed by atoms with Crippen LogP contribution in [0.1, 0.15) is 19.8 Å². The first-order valence-electron chi connectivity index (χ1n) is 13.4. The van der Waals surface area contributed by atoms with E-state index in [1.807, 2.05) is 0 Å². The Bertz CT molecular complexity index is 1320. The number of carbonyl (C=O) groups excluding carboxylic acids is 3. The minimum atomic E-state index is -3.92. The van der Waals surface area contributed by atoms with Crippen LogP contribution in [0.3, 0.4) is 0 Å². The zero-order valence-electron chi connectivity index (χ0n) is 22.5. The van der Waals surface area contributed by atoms with Crippen molar-refractivity contribution in [3.8, 4) is 0 Å². The molecule has 218 valence electrons. The van der Waals surface area contributed by atoms with E-state index in [-0.39, 0.29) is 23.2 Å². The molecule has 0 spiro atoms. The Balaban J connectivity index is 1.31. The normalized spacial score (nSPS) is 19.1. The quantitative estimate of drug-likeness (QED) is 0.346. The number of amides is 2. The van der Waals surface area contributed by atoms with E-state index in [1.54, 1.807) is 40.1 Å². The lowest BCUT2D eigenvalue weighted by molar-refractivity contribution is -0.150. The molecule has 2 aromatic carbocycles. The number of sulfonamides is 1. The topological polar surface area (TPSA) is 126 Å². The van der Waals surface area contributed by atoms with Crippen LogP contribution in [0.5, 0.6) is 0 Å². The number of carbonyl (C=O) groups is 3. The highest BCUT2D eigenvalue weighted by molar-refractivity contribution is 7.89. The van der Waals surface area contributed by atoms with E-state index in [4.69, 9.17) is 21.1 Å². The third-order valence-corrected chi connectivity index (χ3v) is 8.95. The van der Waals surface area contributed by atoms with Crippen molar-refractivity contribution >= 4 is 50.7 Å². The molecule has 40 heavy (non-hydrogen) atoms. The Labute approximate surface area is 239 Å². The monoisotopic (exact) mass is 594 g/mol. The second-order valence-electron chi connectivity index (χ2n) is 9.95. The fourth-order valence-electron chi connectivity index (χ4n) is 4.96. The number of nitrogens with one attached hydrogen (secondary N) is 1. The molecule has 2 saturated heterocycles. The van der Waals surface area contributed by atoms with E-state index < -0.39 is 22.2 Å². The number of halogens is 1. The molecule has 0 aliphatic carbocycles. The summed E-state index contributed by atoms with van der Waals surface area (Å²) in [7, 11) is -3.92. The molecule has 13 heteroatoms. The third kappa shape index (κ3) is 7.70. The van der Waals surface area contributed by atoms with E-state index in [9.17, 15) is 22.8 Å². The van der Waals surface area contributed by atoms with Gasteiger partial charge in [0.1, 0.15) is 6.04 Å². The Morgan fingerprint density at radius 3 is 2.62 bits per heavy atom. The highest BCUT2D eigenvalue weighted by Gasteiger charge is 2.35. The minimum absolute atomic E-state index is 0.0784. The molecule has 2 fully saturated rings. The van der Waals surface area contributed by atoms with Gasteiger partial charge in [0.15, 0.2) is 6.10 Å². The van der Waals surface area contributed by atoms with E-state index in [0.717, 1.165) is 23.9 Å². The minimum Gasteiger partial charge on any atom is -0.455 e. The number of nitrogens with zero attached hydrogens (tertiary/aromatic N) is 3. The predicted molar refractivity (Wildman–Crippen MR) is 149 cm³/mol. The van der Waals surface area contributed by atoms with Crippen LogP contribution in [-0.4, -0.2) is 113 Å². The SMILES string of the molecule is C[C@H](OC=O)C(=O)N(CCCN1CC[C@H](NS(=O)(=O)c2ccc3cc(Cl)ccc3c2)C1=O)CCN1CCOCC1. The second kappa shape index (κ2) is 13.7. The van der Waals surface area contributed by atoms with Crippen molar-refractivity contribution in [1.82, 2.24) is 19.4 Å². The molecule has 2 amide bonds. The molecule has 2 aliphatic rings. The van der Waals surface area contributed by atoms with Gasteiger partial charge in [-0.05, 0) is 54.8 Å². The van der Waals surface area contributed by atoms with Gasteiger partial charge in [-0.1, -0.05) is 23.7 Å². The molecule has 0 radical (unpaired) electrons. The van der Waals surface area contributed by atoms with E-state index in [2.05, 4.69) is 9.62 Å². The summed E-state index contributed by atoms with van der Waals surface area (Å²) in [5.74, 6) is -0.587. The highest BCUT2D eigenvalue weighted by atomic mass is 35.5. The summed E-state index contributed by atoms with van der Waals surface area (Å²) in [5.41, 5.74) is 0.